The first-order valence-electron chi connectivity index (χ1n) is 6.76. The largest absolute Gasteiger partial charge is 1.00 e. The zero-order valence-electron chi connectivity index (χ0n) is 13.1. The lowest BCUT2D eigenvalue weighted by Crippen LogP contribution is -3.00. The number of aromatic nitrogens is 1. The van der Waals surface area contributed by atoms with Gasteiger partial charge in [0.2, 0.25) is 0 Å². The smallest absolute Gasteiger partial charge is 0.513 e. The number of carbonyl (C=O) groups is 2. The summed E-state index contributed by atoms with van der Waals surface area (Å²) in [4.78, 5) is 37.2. The van der Waals surface area contributed by atoms with Gasteiger partial charge in [0.1, 0.15) is 12.2 Å². The molecule has 1 rings (SSSR count). The molecule has 1 aromatic heterocycles. The third-order valence-electron chi connectivity index (χ3n) is 2.37. The molecule has 0 bridgehead atoms. The van der Waals surface area contributed by atoms with Crippen LogP contribution < -0.4 is 33.9 Å². The molecule has 0 aromatic carbocycles. The average molecular weight is 455 g/mol. The van der Waals surface area contributed by atoms with E-state index < -0.39 is 17.1 Å². The highest BCUT2D eigenvalue weighted by Gasteiger charge is 2.13. The Labute approximate surface area is 155 Å². The highest BCUT2D eigenvalue weighted by Crippen LogP contribution is 1.96. The number of nitrogens with zero attached hydrogens (tertiary/aromatic N) is 2. The molecule has 1 N–H and O–H groups in total. The maximum absolute atomic E-state index is 11.8. The summed E-state index contributed by atoms with van der Waals surface area (Å²) >= 11 is 0. The van der Waals surface area contributed by atoms with Crippen LogP contribution in [0.15, 0.2) is 24.5 Å². The van der Waals surface area contributed by atoms with Gasteiger partial charge >= 0.3 is 6.16 Å². The third-order valence-corrected chi connectivity index (χ3v) is 2.37. The molecule has 0 unspecified atom stereocenters. The minimum atomic E-state index is -0.934. The highest BCUT2D eigenvalue weighted by atomic mass is 127. The lowest BCUT2D eigenvalue weighted by atomic mass is 10.2. The second-order valence-electron chi connectivity index (χ2n) is 4.61. The van der Waals surface area contributed by atoms with Gasteiger partial charge in [-0.25, -0.2) is 4.79 Å². The molecule has 0 aliphatic heterocycles. The van der Waals surface area contributed by atoms with Crippen LogP contribution in [0.2, 0.25) is 0 Å². The van der Waals surface area contributed by atoms with Crippen molar-refractivity contribution in [1.29, 1.82) is 0 Å². The van der Waals surface area contributed by atoms with Crippen molar-refractivity contribution in [1.82, 2.24) is 5.32 Å². The monoisotopic (exact) mass is 455 g/mol. The highest BCUT2D eigenvalue weighted by molar-refractivity contribution is 5.93. The molecule has 0 aliphatic rings. The molecule has 1 amide bonds. The van der Waals surface area contributed by atoms with Crippen LogP contribution >= 0.6 is 0 Å². The predicted octanol–water partition coefficient (Wildman–Crippen LogP) is -2.56. The Hall–Kier alpha value is -2.18. The van der Waals surface area contributed by atoms with Gasteiger partial charge in [-0.15, -0.1) is 10.1 Å². The van der Waals surface area contributed by atoms with E-state index in [1.165, 1.54) is 10.8 Å². The van der Waals surface area contributed by atoms with Gasteiger partial charge in [-0.1, -0.05) is 0 Å². The van der Waals surface area contributed by atoms with E-state index >= 15 is 0 Å². The number of hydrogen-bond donors (Lipinski definition) is 1. The summed E-state index contributed by atoms with van der Waals surface area (Å²) in [6.45, 7) is 3.03. The van der Waals surface area contributed by atoms with E-state index in [2.05, 4.69) is 10.2 Å². The summed E-state index contributed by atoms with van der Waals surface area (Å²) in [5.41, 5.74) is 0.300. The quantitative estimate of drug-likeness (QED) is 0.114. The molecule has 10 nitrogen and oxygen atoms in total. The van der Waals surface area contributed by atoms with Gasteiger partial charge in [-0.2, -0.15) is 4.57 Å². The number of hydrogen-bond acceptors (Lipinski definition) is 7. The van der Waals surface area contributed by atoms with Gasteiger partial charge in [-0.05, 0) is 19.9 Å². The summed E-state index contributed by atoms with van der Waals surface area (Å²) in [5.74, 6) is -0.434. The summed E-state index contributed by atoms with van der Waals surface area (Å²) in [6, 6.07) is 3.15. The standard InChI is InChI=1S/C13H17N3O7.HI/c1-10(2)23-13(18)21-9-15-6-3-4-11(8-15)12(17)14-5-7-22-16(19)20;/h3-4,6,8,10H,5,7,9H2,1-2H3;1H. The Kier molecular flexibility index (Phi) is 10.3. The Balaban J connectivity index is 0.00000529. The minimum Gasteiger partial charge on any atom is -1.00 e. The van der Waals surface area contributed by atoms with Crippen LogP contribution in [0, 0.1) is 10.1 Å². The van der Waals surface area contributed by atoms with Gasteiger partial charge < -0.3 is 43.6 Å². The van der Waals surface area contributed by atoms with Crippen LogP contribution in [-0.4, -0.2) is 36.4 Å². The maximum Gasteiger partial charge on any atom is 0.513 e. The Morgan fingerprint density at radius 2 is 2.12 bits per heavy atom. The van der Waals surface area contributed by atoms with Crippen molar-refractivity contribution < 1.29 is 57.5 Å². The minimum absolute atomic E-state index is 0. The Morgan fingerprint density at radius 1 is 1.42 bits per heavy atom. The third kappa shape index (κ3) is 9.07. The molecule has 0 saturated carbocycles. The molecule has 1 aromatic rings. The summed E-state index contributed by atoms with van der Waals surface area (Å²) in [7, 11) is 0. The number of halogens is 1. The van der Waals surface area contributed by atoms with Gasteiger partial charge in [0.15, 0.2) is 12.4 Å². The van der Waals surface area contributed by atoms with Gasteiger partial charge in [0.25, 0.3) is 17.7 Å². The number of pyridine rings is 1. The van der Waals surface area contributed by atoms with E-state index in [-0.39, 0.29) is 50.0 Å². The second kappa shape index (κ2) is 11.4. The van der Waals surface area contributed by atoms with E-state index in [1.54, 1.807) is 32.2 Å². The zero-order chi connectivity index (χ0) is 17.2. The first kappa shape index (κ1) is 21.8. The number of rotatable bonds is 8. The Morgan fingerprint density at radius 3 is 2.75 bits per heavy atom. The Bertz CT molecular complexity index is 568. The molecule has 1 heterocycles. The van der Waals surface area contributed by atoms with Crippen LogP contribution in [0.5, 0.6) is 0 Å². The average Bonchev–Trinajstić information content (AvgIpc) is 2.49. The van der Waals surface area contributed by atoms with E-state index in [4.69, 9.17) is 9.47 Å². The lowest BCUT2D eigenvalue weighted by molar-refractivity contribution is -0.757. The number of nitrogens with one attached hydrogen (secondary N) is 1. The normalized spacial score (nSPS) is 9.62. The zero-order valence-corrected chi connectivity index (χ0v) is 15.3. The first-order chi connectivity index (χ1) is 10.9. The number of ether oxygens (including phenoxy) is 2. The van der Waals surface area contributed by atoms with Crippen LogP contribution in [0.4, 0.5) is 4.79 Å². The van der Waals surface area contributed by atoms with Crippen LogP contribution in [0.25, 0.3) is 0 Å². The second-order valence-corrected chi connectivity index (χ2v) is 4.61. The van der Waals surface area contributed by atoms with Gasteiger partial charge in [0.05, 0.1) is 6.10 Å². The molecular formula is C13H18IN3O7. The molecule has 11 heteroatoms. The molecule has 24 heavy (non-hydrogen) atoms. The first-order valence-corrected chi connectivity index (χ1v) is 6.76. The van der Waals surface area contributed by atoms with Crippen molar-refractivity contribution in [3.8, 4) is 0 Å². The molecule has 0 saturated heterocycles. The van der Waals surface area contributed by atoms with E-state index in [9.17, 15) is 19.7 Å². The molecule has 134 valence electrons. The van der Waals surface area contributed by atoms with Gasteiger partial charge in [0, 0.05) is 12.6 Å². The fourth-order valence-electron chi connectivity index (χ4n) is 1.48. The van der Waals surface area contributed by atoms with Crippen molar-refractivity contribution in [2.75, 3.05) is 13.2 Å². The van der Waals surface area contributed by atoms with Crippen LogP contribution in [0.3, 0.4) is 0 Å². The molecule has 0 atom stereocenters. The molecule has 0 fully saturated rings. The lowest BCUT2D eigenvalue weighted by Gasteiger charge is -2.07. The number of carbonyl (C=O) groups excluding carboxylic acids is 2. The van der Waals surface area contributed by atoms with Crippen molar-refractivity contribution in [2.45, 2.75) is 26.7 Å². The number of amides is 1. The predicted molar refractivity (Wildman–Crippen MR) is 74.6 cm³/mol. The van der Waals surface area contributed by atoms with Crippen molar-refractivity contribution >= 4 is 12.1 Å². The van der Waals surface area contributed by atoms with Crippen LogP contribution in [0.1, 0.15) is 24.2 Å². The SMILES string of the molecule is CC(C)OC(=O)OC[n+]1cccc(C(=O)NCCO[N+](=O)[O-])c1.[I-]. The van der Waals surface area contributed by atoms with E-state index in [1.807, 2.05) is 0 Å². The van der Waals surface area contributed by atoms with Gasteiger partial charge in [-0.3, -0.25) is 4.79 Å². The fraction of sp³-hybridized carbons (Fsp3) is 0.462. The fourth-order valence-corrected chi connectivity index (χ4v) is 1.48. The molecule has 0 spiro atoms. The molecule has 0 aliphatic carbocycles. The van der Waals surface area contributed by atoms with Crippen molar-refractivity contribution in [3.05, 3.63) is 40.2 Å². The van der Waals surface area contributed by atoms with E-state index in [0.29, 0.717) is 5.56 Å². The summed E-state index contributed by atoms with van der Waals surface area (Å²) in [5, 5.41) is 11.5. The molecule has 0 radical (unpaired) electrons. The van der Waals surface area contributed by atoms with Crippen molar-refractivity contribution in [2.24, 2.45) is 0 Å². The van der Waals surface area contributed by atoms with Crippen LogP contribution in [-0.2, 0) is 21.0 Å². The molecular weight excluding hydrogens is 437 g/mol. The van der Waals surface area contributed by atoms with Crippen molar-refractivity contribution in [3.63, 3.8) is 0 Å². The topological polar surface area (TPSA) is 121 Å². The summed E-state index contributed by atoms with van der Waals surface area (Å²) < 4.78 is 11.2. The maximum atomic E-state index is 11.8. The summed E-state index contributed by atoms with van der Waals surface area (Å²) in [6.07, 6.45) is 1.98. The van der Waals surface area contributed by atoms with E-state index in [0.717, 1.165) is 0 Å².